The first-order chi connectivity index (χ1) is 15.5. The SMILES string of the molecule is CC1CCN(CCOc2ccc(NC(=O)C3(c4ccc(F)cc4)CCOCC3)cc2)CC1. The van der Waals surface area contributed by atoms with Crippen molar-refractivity contribution in [2.24, 2.45) is 5.92 Å². The molecule has 0 bridgehead atoms. The number of carbonyl (C=O) groups is 1. The molecule has 2 saturated heterocycles. The van der Waals surface area contributed by atoms with Gasteiger partial charge in [0.2, 0.25) is 5.91 Å². The van der Waals surface area contributed by atoms with E-state index in [9.17, 15) is 9.18 Å². The third-order valence-corrected chi connectivity index (χ3v) is 6.84. The van der Waals surface area contributed by atoms with Gasteiger partial charge < -0.3 is 14.8 Å². The predicted molar refractivity (Wildman–Crippen MR) is 124 cm³/mol. The zero-order valence-corrected chi connectivity index (χ0v) is 18.8. The number of nitrogens with one attached hydrogen (secondary N) is 1. The quantitative estimate of drug-likeness (QED) is 0.682. The first kappa shape index (κ1) is 22.7. The fraction of sp³-hybridized carbons (Fsp3) is 0.500. The Hall–Kier alpha value is -2.44. The average Bonchev–Trinajstić information content (AvgIpc) is 2.82. The van der Waals surface area contributed by atoms with Crippen molar-refractivity contribution in [1.82, 2.24) is 4.90 Å². The van der Waals surface area contributed by atoms with Crippen LogP contribution in [0.4, 0.5) is 10.1 Å². The Morgan fingerprint density at radius 2 is 1.75 bits per heavy atom. The van der Waals surface area contributed by atoms with Crippen molar-refractivity contribution in [3.8, 4) is 5.75 Å². The van der Waals surface area contributed by atoms with E-state index in [1.165, 1.54) is 25.0 Å². The van der Waals surface area contributed by atoms with Crippen molar-refractivity contribution in [2.75, 3.05) is 44.8 Å². The maximum atomic E-state index is 13.4. The van der Waals surface area contributed by atoms with Crippen LogP contribution >= 0.6 is 0 Å². The Balaban J connectivity index is 1.34. The minimum Gasteiger partial charge on any atom is -0.492 e. The molecule has 5 nitrogen and oxygen atoms in total. The topological polar surface area (TPSA) is 50.8 Å². The monoisotopic (exact) mass is 440 g/mol. The van der Waals surface area contributed by atoms with E-state index in [-0.39, 0.29) is 11.7 Å². The lowest BCUT2D eigenvalue weighted by molar-refractivity contribution is -0.125. The highest BCUT2D eigenvalue weighted by Crippen LogP contribution is 2.36. The first-order valence-corrected chi connectivity index (χ1v) is 11.7. The van der Waals surface area contributed by atoms with E-state index in [4.69, 9.17) is 9.47 Å². The number of anilines is 1. The van der Waals surface area contributed by atoms with Crippen molar-refractivity contribution >= 4 is 11.6 Å². The molecule has 0 atom stereocenters. The molecule has 0 aliphatic carbocycles. The number of halogens is 1. The molecule has 1 amide bonds. The van der Waals surface area contributed by atoms with Crippen LogP contribution in [-0.2, 0) is 14.9 Å². The van der Waals surface area contributed by atoms with Crippen LogP contribution in [0.1, 0.15) is 38.2 Å². The Labute approximate surface area is 189 Å². The van der Waals surface area contributed by atoms with Crippen molar-refractivity contribution in [2.45, 2.75) is 38.0 Å². The van der Waals surface area contributed by atoms with E-state index >= 15 is 0 Å². The number of hydrogen-bond donors (Lipinski definition) is 1. The maximum absolute atomic E-state index is 13.4. The molecule has 0 saturated carbocycles. The highest BCUT2D eigenvalue weighted by molar-refractivity contribution is 5.99. The zero-order chi connectivity index (χ0) is 22.4. The molecule has 2 aromatic rings. The highest BCUT2D eigenvalue weighted by Gasteiger charge is 2.41. The van der Waals surface area contributed by atoms with E-state index in [0.29, 0.717) is 32.7 Å². The number of nitrogens with zero attached hydrogens (tertiary/aromatic N) is 1. The summed E-state index contributed by atoms with van der Waals surface area (Å²) in [6, 6.07) is 13.8. The normalized spacial score (nSPS) is 19.4. The van der Waals surface area contributed by atoms with Crippen molar-refractivity contribution in [1.29, 1.82) is 0 Å². The van der Waals surface area contributed by atoms with Gasteiger partial charge in [0.1, 0.15) is 18.2 Å². The van der Waals surface area contributed by atoms with Gasteiger partial charge in [-0.3, -0.25) is 9.69 Å². The van der Waals surface area contributed by atoms with Crippen molar-refractivity contribution < 1.29 is 18.7 Å². The van der Waals surface area contributed by atoms with E-state index in [1.807, 2.05) is 24.3 Å². The molecule has 0 unspecified atom stereocenters. The van der Waals surface area contributed by atoms with Gasteiger partial charge in [0, 0.05) is 25.4 Å². The first-order valence-electron chi connectivity index (χ1n) is 11.7. The molecule has 4 rings (SSSR count). The number of likely N-dealkylation sites (tertiary alicyclic amines) is 1. The van der Waals surface area contributed by atoms with Crippen LogP contribution in [0.3, 0.4) is 0 Å². The summed E-state index contributed by atoms with van der Waals surface area (Å²) < 4.78 is 24.8. The van der Waals surface area contributed by atoms with Crippen LogP contribution in [-0.4, -0.2) is 50.3 Å². The lowest BCUT2D eigenvalue weighted by Crippen LogP contribution is -2.44. The van der Waals surface area contributed by atoms with Gasteiger partial charge >= 0.3 is 0 Å². The Kier molecular flexibility index (Phi) is 7.43. The van der Waals surface area contributed by atoms with Gasteiger partial charge in [-0.2, -0.15) is 0 Å². The van der Waals surface area contributed by atoms with E-state index in [1.54, 1.807) is 12.1 Å². The Bertz CT molecular complexity index is 871. The van der Waals surface area contributed by atoms with Crippen LogP contribution in [0.2, 0.25) is 0 Å². The van der Waals surface area contributed by atoms with E-state index in [2.05, 4.69) is 17.1 Å². The smallest absolute Gasteiger partial charge is 0.235 e. The molecule has 1 N–H and O–H groups in total. The number of amides is 1. The fourth-order valence-corrected chi connectivity index (χ4v) is 4.60. The van der Waals surface area contributed by atoms with E-state index in [0.717, 1.165) is 42.6 Å². The summed E-state index contributed by atoms with van der Waals surface area (Å²) in [5.41, 5.74) is 0.833. The van der Waals surface area contributed by atoms with Crippen LogP contribution < -0.4 is 10.1 Å². The lowest BCUT2D eigenvalue weighted by atomic mass is 9.73. The minimum absolute atomic E-state index is 0.0830. The van der Waals surface area contributed by atoms with Gasteiger partial charge in [-0.1, -0.05) is 19.1 Å². The summed E-state index contributed by atoms with van der Waals surface area (Å²) in [5.74, 6) is 1.24. The lowest BCUT2D eigenvalue weighted by Gasteiger charge is -2.36. The molecule has 172 valence electrons. The van der Waals surface area contributed by atoms with Crippen LogP contribution in [0, 0.1) is 11.7 Å². The molecular weight excluding hydrogens is 407 g/mol. The number of rotatable bonds is 7. The fourth-order valence-electron chi connectivity index (χ4n) is 4.60. The molecule has 0 aromatic heterocycles. The zero-order valence-electron chi connectivity index (χ0n) is 18.8. The minimum atomic E-state index is -0.715. The second-order valence-corrected chi connectivity index (χ2v) is 9.05. The molecule has 32 heavy (non-hydrogen) atoms. The number of piperidine rings is 1. The highest BCUT2D eigenvalue weighted by atomic mass is 19.1. The summed E-state index contributed by atoms with van der Waals surface area (Å²) in [4.78, 5) is 15.8. The molecule has 2 aliphatic rings. The molecule has 2 aromatic carbocycles. The second-order valence-electron chi connectivity index (χ2n) is 9.05. The molecule has 6 heteroatoms. The number of ether oxygens (including phenoxy) is 2. The van der Waals surface area contributed by atoms with Gasteiger partial charge in [-0.15, -0.1) is 0 Å². The standard InChI is InChI=1S/C26H33FN2O3/c1-20-10-14-29(15-11-20)16-19-32-24-8-6-23(7-9-24)28-25(30)26(12-17-31-18-13-26)21-2-4-22(27)5-3-21/h2-9,20H,10-19H2,1H3,(H,28,30). The molecule has 0 radical (unpaired) electrons. The summed E-state index contributed by atoms with van der Waals surface area (Å²) in [6.45, 7) is 7.23. The van der Waals surface area contributed by atoms with Gasteiger partial charge in [-0.05, 0) is 86.7 Å². The van der Waals surface area contributed by atoms with Crippen LogP contribution in [0.25, 0.3) is 0 Å². The third kappa shape index (κ3) is 5.48. The number of benzene rings is 2. The Morgan fingerprint density at radius 3 is 2.41 bits per heavy atom. The number of hydrogen-bond acceptors (Lipinski definition) is 4. The largest absolute Gasteiger partial charge is 0.492 e. The van der Waals surface area contributed by atoms with Crippen LogP contribution in [0.5, 0.6) is 5.75 Å². The second kappa shape index (κ2) is 10.5. The van der Waals surface area contributed by atoms with Crippen molar-refractivity contribution in [3.05, 3.63) is 59.9 Å². The van der Waals surface area contributed by atoms with Gasteiger partial charge in [-0.25, -0.2) is 4.39 Å². The summed E-state index contributed by atoms with van der Waals surface area (Å²) in [5, 5.41) is 3.05. The molecule has 2 heterocycles. The molecule has 2 fully saturated rings. The average molecular weight is 441 g/mol. The van der Waals surface area contributed by atoms with E-state index < -0.39 is 5.41 Å². The van der Waals surface area contributed by atoms with Gasteiger partial charge in [0.05, 0.1) is 5.41 Å². The van der Waals surface area contributed by atoms with Crippen molar-refractivity contribution in [3.63, 3.8) is 0 Å². The molecule has 2 aliphatic heterocycles. The Morgan fingerprint density at radius 1 is 1.09 bits per heavy atom. The molecule has 0 spiro atoms. The third-order valence-electron chi connectivity index (χ3n) is 6.84. The van der Waals surface area contributed by atoms with Gasteiger partial charge in [0.25, 0.3) is 0 Å². The van der Waals surface area contributed by atoms with Crippen LogP contribution in [0.15, 0.2) is 48.5 Å². The summed E-state index contributed by atoms with van der Waals surface area (Å²) in [7, 11) is 0. The summed E-state index contributed by atoms with van der Waals surface area (Å²) >= 11 is 0. The predicted octanol–water partition coefficient (Wildman–Crippen LogP) is 4.62. The maximum Gasteiger partial charge on any atom is 0.235 e. The molecular formula is C26H33FN2O3. The number of carbonyl (C=O) groups excluding carboxylic acids is 1. The van der Waals surface area contributed by atoms with Gasteiger partial charge in [0.15, 0.2) is 0 Å². The summed E-state index contributed by atoms with van der Waals surface area (Å²) in [6.07, 6.45) is 3.67.